The van der Waals surface area contributed by atoms with Gasteiger partial charge in [0.05, 0.1) is 11.8 Å². The van der Waals surface area contributed by atoms with Crippen LogP contribution < -0.4 is 5.73 Å². The van der Waals surface area contributed by atoms with Gasteiger partial charge in [0.25, 0.3) is 0 Å². The molecule has 1 aromatic heterocycles. The summed E-state index contributed by atoms with van der Waals surface area (Å²) in [5.41, 5.74) is 6.19. The minimum atomic E-state index is -0.546. The van der Waals surface area contributed by atoms with E-state index in [-0.39, 0.29) is 0 Å². The molecule has 88 valence electrons. The van der Waals surface area contributed by atoms with Gasteiger partial charge >= 0.3 is 0 Å². The lowest BCUT2D eigenvalue weighted by Crippen LogP contribution is -2.03. The summed E-state index contributed by atoms with van der Waals surface area (Å²) >= 11 is 0. The second kappa shape index (κ2) is 6.12. The molecule has 0 bridgehead atoms. The second-order valence-corrected chi connectivity index (χ2v) is 3.93. The highest BCUT2D eigenvalue weighted by Crippen LogP contribution is 2.17. The number of allylic oxidation sites excluding steroid dienone is 1. The van der Waals surface area contributed by atoms with E-state index in [0.29, 0.717) is 17.9 Å². The zero-order valence-corrected chi connectivity index (χ0v) is 9.80. The van der Waals surface area contributed by atoms with Gasteiger partial charge in [-0.05, 0) is 31.2 Å². The predicted molar refractivity (Wildman–Crippen MR) is 65.7 cm³/mol. The van der Waals surface area contributed by atoms with Crippen molar-refractivity contribution in [1.82, 2.24) is 9.88 Å². The van der Waals surface area contributed by atoms with Crippen molar-refractivity contribution in [3.8, 4) is 0 Å². The number of rotatable bonds is 5. The first kappa shape index (κ1) is 12.5. The standard InChI is InChI=1S/C12H19N3O/c1-15(2)9-4-3-7-11(16)10-6-5-8-12(13)14-10/h4-6,8-9,11,16H,3,7H2,1-2H3,(H2,13,14)/b9-4-. The van der Waals surface area contributed by atoms with Crippen LogP contribution in [0, 0.1) is 0 Å². The molecule has 0 spiro atoms. The summed E-state index contributed by atoms with van der Waals surface area (Å²) in [6.45, 7) is 0. The van der Waals surface area contributed by atoms with E-state index in [1.807, 2.05) is 31.3 Å². The molecule has 16 heavy (non-hydrogen) atoms. The van der Waals surface area contributed by atoms with Crippen LogP contribution in [0.2, 0.25) is 0 Å². The molecule has 4 heteroatoms. The van der Waals surface area contributed by atoms with Crippen LogP contribution in [0.15, 0.2) is 30.5 Å². The van der Waals surface area contributed by atoms with Crippen molar-refractivity contribution in [2.24, 2.45) is 0 Å². The topological polar surface area (TPSA) is 62.4 Å². The Balaban J connectivity index is 2.43. The van der Waals surface area contributed by atoms with Gasteiger partial charge in [0, 0.05) is 14.1 Å². The summed E-state index contributed by atoms with van der Waals surface area (Å²) in [6.07, 6.45) is 4.92. The van der Waals surface area contributed by atoms with Gasteiger partial charge < -0.3 is 15.7 Å². The molecule has 0 fully saturated rings. The van der Waals surface area contributed by atoms with E-state index >= 15 is 0 Å². The van der Waals surface area contributed by atoms with Crippen LogP contribution in [-0.2, 0) is 0 Å². The maximum absolute atomic E-state index is 9.84. The zero-order chi connectivity index (χ0) is 12.0. The molecule has 0 aromatic carbocycles. The molecule has 0 amide bonds. The van der Waals surface area contributed by atoms with Gasteiger partial charge in [0.2, 0.25) is 0 Å². The first-order valence-corrected chi connectivity index (χ1v) is 5.33. The highest BCUT2D eigenvalue weighted by molar-refractivity contribution is 5.29. The summed E-state index contributed by atoms with van der Waals surface area (Å²) in [5, 5.41) is 9.84. The molecule has 3 N–H and O–H groups in total. The third kappa shape index (κ3) is 4.31. The molecule has 0 saturated carbocycles. The molecule has 1 unspecified atom stereocenters. The zero-order valence-electron chi connectivity index (χ0n) is 9.80. The van der Waals surface area contributed by atoms with Crippen molar-refractivity contribution in [2.45, 2.75) is 18.9 Å². The van der Waals surface area contributed by atoms with Crippen LogP contribution in [0.3, 0.4) is 0 Å². The van der Waals surface area contributed by atoms with Gasteiger partial charge in [0.1, 0.15) is 5.82 Å². The predicted octanol–water partition coefficient (Wildman–Crippen LogP) is 1.55. The molecule has 0 aliphatic heterocycles. The van der Waals surface area contributed by atoms with E-state index in [4.69, 9.17) is 5.73 Å². The van der Waals surface area contributed by atoms with Crippen molar-refractivity contribution in [2.75, 3.05) is 19.8 Å². The second-order valence-electron chi connectivity index (χ2n) is 3.93. The lowest BCUT2D eigenvalue weighted by molar-refractivity contribution is 0.164. The van der Waals surface area contributed by atoms with Crippen molar-refractivity contribution in [3.05, 3.63) is 36.2 Å². The molecule has 1 aromatic rings. The Kier molecular flexibility index (Phi) is 4.79. The normalized spacial score (nSPS) is 12.9. The van der Waals surface area contributed by atoms with E-state index in [2.05, 4.69) is 4.98 Å². The number of nitrogens with two attached hydrogens (primary N) is 1. The number of nitrogens with zero attached hydrogens (tertiary/aromatic N) is 2. The number of hydrogen-bond donors (Lipinski definition) is 2. The van der Waals surface area contributed by atoms with E-state index in [9.17, 15) is 5.11 Å². The fraction of sp³-hybridized carbons (Fsp3) is 0.417. The van der Waals surface area contributed by atoms with Gasteiger partial charge in [-0.2, -0.15) is 0 Å². The first-order valence-electron chi connectivity index (χ1n) is 5.33. The molecule has 0 saturated heterocycles. The Hall–Kier alpha value is -1.55. The molecule has 1 rings (SSSR count). The Morgan fingerprint density at radius 1 is 1.50 bits per heavy atom. The molecule has 0 aliphatic rings. The van der Waals surface area contributed by atoms with Crippen molar-refractivity contribution in [3.63, 3.8) is 0 Å². The highest BCUT2D eigenvalue weighted by Gasteiger charge is 2.07. The Bertz CT molecular complexity index is 350. The maximum atomic E-state index is 9.84. The minimum absolute atomic E-state index is 0.445. The lowest BCUT2D eigenvalue weighted by Gasteiger charge is -2.09. The fourth-order valence-electron chi connectivity index (χ4n) is 1.34. The van der Waals surface area contributed by atoms with Crippen molar-refractivity contribution < 1.29 is 5.11 Å². The Labute approximate surface area is 96.4 Å². The van der Waals surface area contributed by atoms with Crippen molar-refractivity contribution >= 4 is 5.82 Å². The Morgan fingerprint density at radius 2 is 2.25 bits per heavy atom. The number of aromatic nitrogens is 1. The number of aliphatic hydroxyl groups excluding tert-OH is 1. The fourth-order valence-corrected chi connectivity index (χ4v) is 1.34. The molecule has 4 nitrogen and oxygen atoms in total. The monoisotopic (exact) mass is 221 g/mol. The van der Waals surface area contributed by atoms with Crippen LogP contribution in [0.25, 0.3) is 0 Å². The molecule has 1 heterocycles. The SMILES string of the molecule is CN(C)/C=C\CCC(O)c1cccc(N)n1. The van der Waals surface area contributed by atoms with Crippen LogP contribution >= 0.6 is 0 Å². The quantitative estimate of drug-likeness (QED) is 0.792. The van der Waals surface area contributed by atoms with Crippen LogP contribution in [0.4, 0.5) is 5.82 Å². The molecular weight excluding hydrogens is 202 g/mol. The van der Waals surface area contributed by atoms with Crippen LogP contribution in [0.1, 0.15) is 24.6 Å². The number of hydrogen-bond acceptors (Lipinski definition) is 4. The molecule has 0 aliphatic carbocycles. The largest absolute Gasteiger partial charge is 0.387 e. The van der Waals surface area contributed by atoms with Gasteiger partial charge in [0.15, 0.2) is 0 Å². The smallest absolute Gasteiger partial charge is 0.123 e. The summed E-state index contributed by atoms with van der Waals surface area (Å²) in [6, 6.07) is 5.30. The maximum Gasteiger partial charge on any atom is 0.123 e. The third-order valence-corrected chi connectivity index (χ3v) is 2.14. The van der Waals surface area contributed by atoms with Gasteiger partial charge in [-0.1, -0.05) is 12.1 Å². The van der Waals surface area contributed by atoms with Gasteiger partial charge in [-0.15, -0.1) is 0 Å². The minimum Gasteiger partial charge on any atom is -0.387 e. The lowest BCUT2D eigenvalue weighted by atomic mass is 10.1. The number of pyridine rings is 1. The summed E-state index contributed by atoms with van der Waals surface area (Å²) in [7, 11) is 3.93. The van der Waals surface area contributed by atoms with Crippen molar-refractivity contribution in [1.29, 1.82) is 0 Å². The number of anilines is 1. The van der Waals surface area contributed by atoms with Gasteiger partial charge in [-0.3, -0.25) is 0 Å². The van der Waals surface area contributed by atoms with Gasteiger partial charge in [-0.25, -0.2) is 4.98 Å². The van der Waals surface area contributed by atoms with Crippen LogP contribution in [-0.4, -0.2) is 29.1 Å². The molecule has 1 atom stereocenters. The molecule has 0 radical (unpaired) electrons. The average molecular weight is 221 g/mol. The van der Waals surface area contributed by atoms with E-state index in [1.54, 1.807) is 18.2 Å². The summed E-state index contributed by atoms with van der Waals surface area (Å²) < 4.78 is 0. The van der Waals surface area contributed by atoms with E-state index < -0.39 is 6.10 Å². The Morgan fingerprint density at radius 3 is 2.88 bits per heavy atom. The first-order chi connectivity index (χ1) is 7.59. The highest BCUT2D eigenvalue weighted by atomic mass is 16.3. The number of nitrogen functional groups attached to an aromatic ring is 1. The summed E-state index contributed by atoms with van der Waals surface area (Å²) in [4.78, 5) is 6.04. The van der Waals surface area contributed by atoms with E-state index in [0.717, 1.165) is 6.42 Å². The number of aliphatic hydroxyl groups is 1. The average Bonchev–Trinajstić information content (AvgIpc) is 2.24. The molecular formula is C12H19N3O. The van der Waals surface area contributed by atoms with Crippen LogP contribution in [0.5, 0.6) is 0 Å². The van der Waals surface area contributed by atoms with E-state index in [1.165, 1.54) is 0 Å². The third-order valence-electron chi connectivity index (χ3n) is 2.14. The summed E-state index contributed by atoms with van der Waals surface area (Å²) in [5.74, 6) is 0.445.